The molecule has 0 aliphatic carbocycles. The van der Waals surface area contributed by atoms with Crippen LogP contribution in [0.1, 0.15) is 434 Å². The lowest BCUT2D eigenvalue weighted by atomic mass is 9.69. The molecule has 0 heterocycles. The fraction of sp³-hybridized carbons (Fsp3) is 1.00. The first kappa shape index (κ1) is 73.4. The smallest absolute Gasteiger partial charge is 0.0654 e. The van der Waals surface area contributed by atoms with Gasteiger partial charge in [-0.2, -0.15) is 0 Å². The Hall–Kier alpha value is 0.430. The maximum absolute atomic E-state index is 2.56. The van der Waals surface area contributed by atoms with Crippen LogP contribution in [0, 0.1) is 5.41 Å². The molecule has 0 unspecified atom stereocenters. The molecule has 0 N–H and O–H groups in total. The van der Waals surface area contributed by atoms with Crippen LogP contribution in [0.4, 0.5) is 0 Å². The summed E-state index contributed by atoms with van der Waals surface area (Å²) in [5.41, 5.74) is 0.583. The molecule has 0 bridgehead atoms. The Kier molecular flexibility index (Phi) is 57.5. The predicted octanol–water partition coefficient (Wildman–Crippen LogP) is 27.9. The zero-order valence-electron chi connectivity index (χ0n) is 53.3. The van der Waals surface area contributed by atoms with Crippen LogP contribution in [0.25, 0.3) is 0 Å². The van der Waals surface area contributed by atoms with Gasteiger partial charge >= 0.3 is 0 Å². The molecule has 0 rings (SSSR count). The fourth-order valence-corrected chi connectivity index (χ4v) is 20.5. The summed E-state index contributed by atoms with van der Waals surface area (Å²) in [6, 6.07) is 0. The molecule has 0 fully saturated rings. The quantitative estimate of drug-likeness (QED) is 0.0421. The van der Waals surface area contributed by atoms with Gasteiger partial charge in [-0.05, 0) is 88.9 Å². The molecule has 0 spiro atoms. The van der Waals surface area contributed by atoms with E-state index in [4.69, 9.17) is 0 Å². The van der Waals surface area contributed by atoms with Crippen molar-refractivity contribution in [1.82, 2.24) is 0 Å². The van der Waals surface area contributed by atoms with Gasteiger partial charge in [0, 0.05) is 7.26 Å². The van der Waals surface area contributed by atoms with Gasteiger partial charge in [0.15, 0.2) is 0 Å². The van der Waals surface area contributed by atoms with Crippen LogP contribution < -0.4 is 0 Å². The second kappa shape index (κ2) is 57.1. The Morgan fingerprint density at radius 3 is 0.603 bits per heavy atom. The van der Waals surface area contributed by atoms with Gasteiger partial charge in [-0.3, -0.25) is 0 Å². The van der Waals surface area contributed by atoms with E-state index in [-0.39, 0.29) is 0 Å². The lowest BCUT2D eigenvalue weighted by Gasteiger charge is -2.49. The molecule has 0 atom stereocenters. The molecule has 0 aliphatic heterocycles. The Bertz CT molecular complexity index is 935. The van der Waals surface area contributed by atoms with E-state index in [1.165, 1.54) is 315 Å². The van der Waals surface area contributed by atoms with Crippen LogP contribution in [0.5, 0.6) is 0 Å². The van der Waals surface area contributed by atoms with Crippen molar-refractivity contribution in [2.45, 2.75) is 439 Å². The zero-order chi connectivity index (χ0) is 53.3. The van der Waals surface area contributed by atoms with Crippen LogP contribution >= 0.6 is 7.26 Å². The maximum Gasteiger partial charge on any atom is 0.0799 e. The number of rotatable bonds is 64. The van der Waals surface area contributed by atoms with Crippen LogP contribution in [0.15, 0.2) is 0 Å². The summed E-state index contributed by atoms with van der Waals surface area (Å²) in [6.45, 7) is 19.4. The SMILES string of the molecule is CCCCCCCCCCC(CCCCCCCCCC)(CCCCCCCCCC)CCC(CCCCCCCCCC)(CCCCCCCCCC)[P+](CCCC)(CCCC)CCCCCCCCCC. The number of hydrogen-bond donors (Lipinski definition) is 0. The van der Waals surface area contributed by atoms with Crippen molar-refractivity contribution in [3.63, 3.8) is 0 Å². The van der Waals surface area contributed by atoms with E-state index in [0.717, 1.165) is 0 Å². The number of hydrogen-bond acceptors (Lipinski definition) is 0. The maximum atomic E-state index is 2.56. The molecule has 0 aromatic heterocycles. The normalized spacial score (nSPS) is 12.5. The van der Waals surface area contributed by atoms with Crippen molar-refractivity contribution in [2.24, 2.45) is 5.41 Å². The summed E-state index contributed by atoms with van der Waals surface area (Å²) in [4.78, 5) is 0. The standard InChI is InChI=1S/C72H148P/c1-9-17-25-31-37-43-49-55-61-71(62-56-50-44-38-32-26-18-10-2,63-57-51-45-39-33-27-19-11-3)66-67-72(64-58-52-46-40-34-28-20-12-4,65-59-53-47-41-35-29-21-13-5)73(68-23-15-7,69-24-16-8)70-60-54-48-42-36-30-22-14-6/h9-70H2,1-8H3/q+1. The summed E-state index contributed by atoms with van der Waals surface area (Å²) >= 11 is 0. The van der Waals surface area contributed by atoms with Crippen LogP contribution in [0.2, 0.25) is 0 Å². The monoisotopic (exact) mass is 1040 g/mol. The number of unbranched alkanes of at least 4 members (excludes halogenated alkanes) is 44. The van der Waals surface area contributed by atoms with Gasteiger partial charge in [-0.25, -0.2) is 0 Å². The van der Waals surface area contributed by atoms with Gasteiger partial charge in [0.1, 0.15) is 0 Å². The molecule has 0 aliphatic rings. The molecule has 0 saturated heterocycles. The summed E-state index contributed by atoms with van der Waals surface area (Å²) < 4.78 is 0. The van der Waals surface area contributed by atoms with Crippen molar-refractivity contribution in [3.05, 3.63) is 0 Å². The summed E-state index contributed by atoms with van der Waals surface area (Å²) in [5.74, 6) is 0. The van der Waals surface area contributed by atoms with E-state index in [0.29, 0.717) is 10.6 Å². The predicted molar refractivity (Wildman–Crippen MR) is 344 cm³/mol. The second-order valence-corrected chi connectivity index (χ2v) is 30.4. The highest BCUT2D eigenvalue weighted by Crippen LogP contribution is 2.75. The molecular formula is C72H148P+. The lowest BCUT2D eigenvalue weighted by molar-refractivity contribution is 0.161. The lowest BCUT2D eigenvalue weighted by Crippen LogP contribution is -2.39. The molecule has 0 aromatic carbocycles. The van der Waals surface area contributed by atoms with E-state index in [9.17, 15) is 0 Å². The molecule has 1 heteroatoms. The molecule has 0 nitrogen and oxygen atoms in total. The Morgan fingerprint density at radius 2 is 0.356 bits per heavy atom. The highest BCUT2D eigenvalue weighted by molar-refractivity contribution is 7.77. The molecule has 0 amide bonds. The fourth-order valence-electron chi connectivity index (χ4n) is 13.9. The first-order valence-corrected chi connectivity index (χ1v) is 38.1. The van der Waals surface area contributed by atoms with Crippen molar-refractivity contribution in [3.8, 4) is 0 Å². The highest BCUT2D eigenvalue weighted by atomic mass is 31.2. The Morgan fingerprint density at radius 1 is 0.164 bits per heavy atom. The molecule has 0 radical (unpaired) electrons. The van der Waals surface area contributed by atoms with E-state index in [2.05, 4.69) is 55.4 Å². The summed E-state index contributed by atoms with van der Waals surface area (Å²) in [6.07, 6.45) is 92.9. The minimum absolute atomic E-state index is 0.583. The van der Waals surface area contributed by atoms with Gasteiger partial charge in [-0.15, -0.1) is 0 Å². The minimum atomic E-state index is -1.21. The molecule has 440 valence electrons. The Labute approximate surface area is 468 Å². The largest absolute Gasteiger partial charge is 0.0799 e. The van der Waals surface area contributed by atoms with Crippen LogP contribution in [0.3, 0.4) is 0 Å². The third kappa shape index (κ3) is 42.1. The van der Waals surface area contributed by atoms with Gasteiger partial charge in [0.05, 0.1) is 23.6 Å². The van der Waals surface area contributed by atoms with Gasteiger partial charge in [0.25, 0.3) is 0 Å². The average Bonchev–Trinajstić information content (AvgIpc) is 3.40. The molecule has 73 heavy (non-hydrogen) atoms. The van der Waals surface area contributed by atoms with E-state index < -0.39 is 7.26 Å². The Balaban J connectivity index is 7.40. The van der Waals surface area contributed by atoms with Crippen molar-refractivity contribution < 1.29 is 0 Å². The van der Waals surface area contributed by atoms with Crippen molar-refractivity contribution in [2.75, 3.05) is 18.5 Å². The van der Waals surface area contributed by atoms with Crippen molar-refractivity contribution in [1.29, 1.82) is 0 Å². The molecule has 0 saturated carbocycles. The first-order chi connectivity index (χ1) is 35.9. The summed E-state index contributed by atoms with van der Waals surface area (Å²) in [7, 11) is -1.21. The van der Waals surface area contributed by atoms with Crippen LogP contribution in [-0.4, -0.2) is 23.6 Å². The van der Waals surface area contributed by atoms with Crippen LogP contribution in [-0.2, 0) is 0 Å². The topological polar surface area (TPSA) is 0 Å². The summed E-state index contributed by atoms with van der Waals surface area (Å²) in [5, 5.41) is 0.631. The third-order valence-electron chi connectivity index (χ3n) is 19.1. The average molecular weight is 1040 g/mol. The minimum Gasteiger partial charge on any atom is -0.0654 e. The van der Waals surface area contributed by atoms with E-state index in [1.807, 2.05) is 0 Å². The van der Waals surface area contributed by atoms with E-state index in [1.54, 1.807) is 82.7 Å². The molecular weight excluding hydrogens is 896 g/mol. The second-order valence-electron chi connectivity index (χ2n) is 25.8. The van der Waals surface area contributed by atoms with Gasteiger partial charge in [-0.1, -0.05) is 351 Å². The zero-order valence-corrected chi connectivity index (χ0v) is 54.2. The molecule has 0 aromatic rings. The third-order valence-corrected chi connectivity index (χ3v) is 25.3. The van der Waals surface area contributed by atoms with Crippen molar-refractivity contribution >= 4 is 7.26 Å². The van der Waals surface area contributed by atoms with E-state index >= 15 is 0 Å². The highest BCUT2D eigenvalue weighted by Gasteiger charge is 2.55. The van der Waals surface area contributed by atoms with Gasteiger partial charge in [0.2, 0.25) is 0 Å². The van der Waals surface area contributed by atoms with Gasteiger partial charge < -0.3 is 0 Å². The first-order valence-electron chi connectivity index (χ1n) is 35.8.